The smallest absolute Gasteiger partial charge is 0.410 e. The number of isocyanates is 1. The van der Waals surface area contributed by atoms with E-state index in [0.29, 0.717) is 24.7 Å². The molecule has 0 atom stereocenters. The summed E-state index contributed by atoms with van der Waals surface area (Å²) in [6.07, 6.45) is 4.10. The number of benzene rings is 1. The Morgan fingerprint density at radius 3 is 2.57 bits per heavy atom. The van der Waals surface area contributed by atoms with E-state index in [0.717, 1.165) is 24.8 Å². The third-order valence-corrected chi connectivity index (χ3v) is 3.93. The van der Waals surface area contributed by atoms with Gasteiger partial charge in [-0.15, -0.1) is 0 Å². The van der Waals surface area contributed by atoms with Gasteiger partial charge in [0.25, 0.3) is 0 Å². The Bertz CT molecular complexity index is 593. The fourth-order valence-corrected chi connectivity index (χ4v) is 2.80. The van der Waals surface area contributed by atoms with Crippen LogP contribution in [0.15, 0.2) is 29.3 Å². The molecule has 2 rings (SSSR count). The lowest BCUT2D eigenvalue weighted by Gasteiger charge is -2.33. The van der Waals surface area contributed by atoms with Crippen molar-refractivity contribution in [3.8, 4) is 0 Å². The van der Waals surface area contributed by atoms with Crippen LogP contribution in [-0.4, -0.2) is 35.8 Å². The first kappa shape index (κ1) is 17.2. The molecule has 1 aliphatic heterocycles. The molecule has 5 heteroatoms. The fraction of sp³-hybridized carbons (Fsp3) is 0.556. The van der Waals surface area contributed by atoms with E-state index in [1.165, 1.54) is 0 Å². The Hall–Kier alpha value is -2.13. The lowest BCUT2D eigenvalue weighted by Crippen LogP contribution is -2.42. The molecule has 1 heterocycles. The molecule has 0 saturated carbocycles. The van der Waals surface area contributed by atoms with E-state index < -0.39 is 5.60 Å². The molecule has 0 spiro atoms. The standard InChI is InChI=1S/C18H24N2O3/c1-18(2,3)23-17(22)20-10-8-14(9-11-20)12-15-6-4-5-7-16(15)19-13-21/h4-7,14H,8-12H2,1-3H3. The van der Waals surface area contributed by atoms with Crippen LogP contribution >= 0.6 is 0 Å². The van der Waals surface area contributed by atoms with Crippen molar-refractivity contribution in [2.75, 3.05) is 13.1 Å². The van der Waals surface area contributed by atoms with Crippen molar-refractivity contribution < 1.29 is 14.3 Å². The number of hydrogen-bond donors (Lipinski definition) is 0. The van der Waals surface area contributed by atoms with Crippen LogP contribution in [0.25, 0.3) is 0 Å². The van der Waals surface area contributed by atoms with Crippen LogP contribution < -0.4 is 0 Å². The number of piperidine rings is 1. The van der Waals surface area contributed by atoms with Crippen LogP contribution in [-0.2, 0) is 16.0 Å². The first-order valence-corrected chi connectivity index (χ1v) is 8.03. The summed E-state index contributed by atoms with van der Waals surface area (Å²) >= 11 is 0. The SMILES string of the molecule is CC(C)(C)OC(=O)N1CCC(Cc2ccccc2N=C=O)CC1. The normalized spacial score (nSPS) is 15.9. The molecule has 0 aromatic heterocycles. The maximum Gasteiger partial charge on any atom is 0.410 e. The van der Waals surface area contributed by atoms with E-state index in [2.05, 4.69) is 4.99 Å². The van der Waals surface area contributed by atoms with Crippen molar-refractivity contribution in [1.29, 1.82) is 0 Å². The Balaban J connectivity index is 1.90. The van der Waals surface area contributed by atoms with Gasteiger partial charge in [0, 0.05) is 13.1 Å². The van der Waals surface area contributed by atoms with Gasteiger partial charge in [0.2, 0.25) is 6.08 Å². The second kappa shape index (κ2) is 7.42. The van der Waals surface area contributed by atoms with Crippen LogP contribution in [0.2, 0.25) is 0 Å². The van der Waals surface area contributed by atoms with Crippen molar-refractivity contribution in [2.45, 2.75) is 45.6 Å². The molecule has 5 nitrogen and oxygen atoms in total. The zero-order chi connectivity index (χ0) is 16.9. The molecule has 0 unspecified atom stereocenters. The van der Waals surface area contributed by atoms with Gasteiger partial charge in [-0.05, 0) is 57.6 Å². The summed E-state index contributed by atoms with van der Waals surface area (Å²) in [6, 6.07) is 7.65. The van der Waals surface area contributed by atoms with Crippen LogP contribution in [0.3, 0.4) is 0 Å². The largest absolute Gasteiger partial charge is 0.444 e. The molecule has 1 saturated heterocycles. The zero-order valence-corrected chi connectivity index (χ0v) is 14.0. The van der Waals surface area contributed by atoms with Crippen LogP contribution in [0.1, 0.15) is 39.2 Å². The highest BCUT2D eigenvalue weighted by Crippen LogP contribution is 2.27. The molecule has 1 fully saturated rings. The van der Waals surface area contributed by atoms with Gasteiger partial charge in [0.1, 0.15) is 5.60 Å². The predicted octanol–water partition coefficient (Wildman–Crippen LogP) is 3.84. The number of ether oxygens (including phenoxy) is 1. The Labute approximate surface area is 137 Å². The second-order valence-corrected chi connectivity index (χ2v) is 6.95. The molecule has 1 aromatic carbocycles. The predicted molar refractivity (Wildman–Crippen MR) is 88.5 cm³/mol. The van der Waals surface area contributed by atoms with Gasteiger partial charge in [0.05, 0.1) is 5.69 Å². The maximum absolute atomic E-state index is 12.1. The summed E-state index contributed by atoms with van der Waals surface area (Å²) in [5.74, 6) is 0.483. The van der Waals surface area contributed by atoms with Crippen LogP contribution in [0.5, 0.6) is 0 Å². The van der Waals surface area contributed by atoms with Crippen LogP contribution in [0.4, 0.5) is 10.5 Å². The van der Waals surface area contributed by atoms with Gasteiger partial charge < -0.3 is 9.64 Å². The van der Waals surface area contributed by atoms with E-state index in [4.69, 9.17) is 4.74 Å². The summed E-state index contributed by atoms with van der Waals surface area (Å²) < 4.78 is 5.41. The molecule has 0 N–H and O–H groups in total. The average Bonchev–Trinajstić information content (AvgIpc) is 2.48. The number of likely N-dealkylation sites (tertiary alicyclic amines) is 1. The first-order chi connectivity index (χ1) is 10.9. The summed E-state index contributed by atoms with van der Waals surface area (Å²) in [5, 5.41) is 0. The van der Waals surface area contributed by atoms with Gasteiger partial charge in [-0.1, -0.05) is 18.2 Å². The van der Waals surface area contributed by atoms with Crippen molar-refractivity contribution >= 4 is 17.9 Å². The van der Waals surface area contributed by atoms with E-state index in [1.807, 2.05) is 45.0 Å². The monoisotopic (exact) mass is 316 g/mol. The maximum atomic E-state index is 12.1. The molecule has 23 heavy (non-hydrogen) atoms. The molecule has 1 aliphatic rings. The average molecular weight is 316 g/mol. The lowest BCUT2D eigenvalue weighted by atomic mass is 9.90. The number of para-hydroxylation sites is 1. The molecule has 0 radical (unpaired) electrons. The van der Waals surface area contributed by atoms with Gasteiger partial charge in [-0.3, -0.25) is 0 Å². The van der Waals surface area contributed by atoms with Crippen molar-refractivity contribution in [3.63, 3.8) is 0 Å². The number of hydrogen-bond acceptors (Lipinski definition) is 4. The summed E-state index contributed by atoms with van der Waals surface area (Å²) in [4.78, 5) is 28.1. The second-order valence-electron chi connectivity index (χ2n) is 6.95. The minimum atomic E-state index is -0.459. The topological polar surface area (TPSA) is 59.0 Å². The molecule has 1 amide bonds. The highest BCUT2D eigenvalue weighted by Gasteiger charge is 2.27. The molecule has 1 aromatic rings. The summed E-state index contributed by atoms with van der Waals surface area (Å²) in [6.45, 7) is 7.05. The van der Waals surface area contributed by atoms with Crippen LogP contribution in [0, 0.1) is 5.92 Å². The number of amides is 1. The first-order valence-electron chi connectivity index (χ1n) is 8.03. The molecule has 0 aliphatic carbocycles. The Morgan fingerprint density at radius 2 is 1.96 bits per heavy atom. The van der Waals surface area contributed by atoms with Crippen molar-refractivity contribution in [2.24, 2.45) is 10.9 Å². The number of aliphatic imine (C=N–C) groups is 1. The van der Waals surface area contributed by atoms with Crippen molar-refractivity contribution in [1.82, 2.24) is 4.90 Å². The molecular weight excluding hydrogens is 292 g/mol. The lowest BCUT2D eigenvalue weighted by molar-refractivity contribution is 0.0184. The van der Waals surface area contributed by atoms with E-state index >= 15 is 0 Å². The molecule has 124 valence electrons. The Kier molecular flexibility index (Phi) is 5.56. The third kappa shape index (κ3) is 5.22. The van der Waals surface area contributed by atoms with Gasteiger partial charge in [0.15, 0.2) is 0 Å². The van der Waals surface area contributed by atoms with E-state index in [1.54, 1.807) is 11.0 Å². The highest BCUT2D eigenvalue weighted by molar-refractivity contribution is 5.68. The van der Waals surface area contributed by atoms with Gasteiger partial charge in [-0.2, -0.15) is 4.99 Å². The van der Waals surface area contributed by atoms with E-state index in [-0.39, 0.29) is 6.09 Å². The van der Waals surface area contributed by atoms with E-state index in [9.17, 15) is 9.59 Å². The minimum absolute atomic E-state index is 0.234. The zero-order valence-electron chi connectivity index (χ0n) is 14.0. The fourth-order valence-electron chi connectivity index (χ4n) is 2.80. The minimum Gasteiger partial charge on any atom is -0.444 e. The number of carbonyl (C=O) groups is 1. The number of nitrogens with zero attached hydrogens (tertiary/aromatic N) is 2. The highest BCUT2D eigenvalue weighted by atomic mass is 16.6. The summed E-state index contributed by atoms with van der Waals surface area (Å²) in [5.41, 5.74) is 1.29. The number of rotatable bonds is 3. The quantitative estimate of drug-likeness (QED) is 0.629. The molecule has 0 bridgehead atoms. The Morgan fingerprint density at radius 1 is 1.30 bits per heavy atom. The van der Waals surface area contributed by atoms with Crippen molar-refractivity contribution in [3.05, 3.63) is 29.8 Å². The molecular formula is C18H24N2O3. The number of carbonyl (C=O) groups excluding carboxylic acids is 2. The third-order valence-electron chi connectivity index (χ3n) is 3.93. The summed E-state index contributed by atoms with van der Waals surface area (Å²) in [7, 11) is 0. The van der Waals surface area contributed by atoms with Gasteiger partial charge in [-0.25, -0.2) is 9.59 Å². The van der Waals surface area contributed by atoms with Gasteiger partial charge >= 0.3 is 6.09 Å².